The first kappa shape index (κ1) is 28.5. The number of anilines is 1. The zero-order valence-electron chi connectivity index (χ0n) is 22.7. The molecule has 206 valence electrons. The van der Waals surface area contributed by atoms with Crippen molar-refractivity contribution in [1.82, 2.24) is 10.3 Å². The number of nitrogens with zero attached hydrogens (tertiary/aromatic N) is 1. The molecule has 0 fully saturated rings. The molecule has 0 aromatic heterocycles. The molecule has 0 aliphatic carbocycles. The number of hydrogen-bond acceptors (Lipinski definition) is 5. The smallest absolute Gasteiger partial charge is 0.263 e. The monoisotopic (exact) mass is 557 g/mol. The highest BCUT2D eigenvalue weighted by molar-refractivity contribution is 6.30. The molecule has 0 bridgehead atoms. The quantitative estimate of drug-likeness (QED) is 0.201. The lowest BCUT2D eigenvalue weighted by molar-refractivity contribution is -0.131. The maximum Gasteiger partial charge on any atom is 0.263 e. The van der Waals surface area contributed by atoms with Gasteiger partial charge in [0.05, 0.1) is 12.8 Å². The van der Waals surface area contributed by atoms with E-state index in [2.05, 4.69) is 10.7 Å². The molecule has 2 N–H and O–H groups in total. The molecule has 8 heteroatoms. The number of likely N-dealkylation sites (N-methyl/N-ethyl adjacent to an activating group) is 1. The Hall–Kier alpha value is -4.49. The fourth-order valence-corrected chi connectivity index (χ4v) is 4.22. The lowest BCUT2D eigenvalue weighted by Crippen LogP contribution is -2.51. The topological polar surface area (TPSA) is 79.9 Å². The largest absolute Gasteiger partial charge is 0.497 e. The van der Waals surface area contributed by atoms with Crippen LogP contribution in [0.3, 0.4) is 0 Å². The van der Waals surface area contributed by atoms with Gasteiger partial charge in [-0.3, -0.25) is 20.0 Å². The number of carbonyl (C=O) groups excluding carboxylic acids is 2. The molecule has 4 aromatic rings. The molecular formula is C32H32ClN3O4. The Morgan fingerprint density at radius 3 is 2.10 bits per heavy atom. The van der Waals surface area contributed by atoms with Crippen LogP contribution < -0.4 is 20.2 Å². The summed E-state index contributed by atoms with van der Waals surface area (Å²) in [6.07, 6.45) is 0.290. The summed E-state index contributed by atoms with van der Waals surface area (Å²) in [5.41, 5.74) is 6.21. The molecule has 0 aliphatic rings. The number of rotatable bonds is 11. The first-order valence-corrected chi connectivity index (χ1v) is 13.3. The van der Waals surface area contributed by atoms with Crippen molar-refractivity contribution >= 4 is 29.1 Å². The van der Waals surface area contributed by atoms with Crippen molar-refractivity contribution in [2.24, 2.45) is 0 Å². The Labute approximate surface area is 239 Å². The van der Waals surface area contributed by atoms with Crippen LogP contribution in [0.5, 0.6) is 17.2 Å². The molecule has 4 rings (SSSR count). The van der Waals surface area contributed by atoms with Gasteiger partial charge in [-0.05, 0) is 92.2 Å². The lowest BCUT2D eigenvalue weighted by Gasteiger charge is -2.28. The molecule has 1 atom stereocenters. The zero-order chi connectivity index (χ0) is 28.5. The lowest BCUT2D eigenvalue weighted by atomic mass is 10.0. The predicted octanol–water partition coefficient (Wildman–Crippen LogP) is 6.67. The van der Waals surface area contributed by atoms with Crippen LogP contribution in [-0.2, 0) is 11.2 Å². The first-order valence-electron chi connectivity index (χ1n) is 13.0. The summed E-state index contributed by atoms with van der Waals surface area (Å²) in [6, 6.07) is 28.3. The molecule has 1 unspecified atom stereocenters. The average molecular weight is 558 g/mol. The highest BCUT2D eigenvalue weighted by atomic mass is 35.5. The number of nitrogens with one attached hydrogen (secondary N) is 2. The molecule has 40 heavy (non-hydrogen) atoms. The van der Waals surface area contributed by atoms with Gasteiger partial charge in [0.25, 0.3) is 11.8 Å². The molecule has 0 saturated carbocycles. The number of amides is 2. The summed E-state index contributed by atoms with van der Waals surface area (Å²) >= 11 is 5.96. The Kier molecular flexibility index (Phi) is 9.65. The van der Waals surface area contributed by atoms with E-state index in [-0.39, 0.29) is 11.8 Å². The predicted molar refractivity (Wildman–Crippen MR) is 158 cm³/mol. The number of carbonyl (C=O) groups is 2. The van der Waals surface area contributed by atoms with Gasteiger partial charge in [-0.2, -0.15) is 0 Å². The Bertz CT molecular complexity index is 1420. The van der Waals surface area contributed by atoms with Crippen LogP contribution in [0.2, 0.25) is 5.02 Å². The van der Waals surface area contributed by atoms with Crippen molar-refractivity contribution in [2.75, 3.05) is 19.1 Å². The molecule has 0 saturated heterocycles. The fraction of sp³-hybridized carbons (Fsp3) is 0.188. The number of hydrazine groups is 1. The van der Waals surface area contributed by atoms with Gasteiger partial charge in [-0.1, -0.05) is 41.4 Å². The second kappa shape index (κ2) is 13.5. The number of benzene rings is 4. The van der Waals surface area contributed by atoms with E-state index in [9.17, 15) is 9.59 Å². The van der Waals surface area contributed by atoms with Gasteiger partial charge in [0.2, 0.25) is 0 Å². The van der Waals surface area contributed by atoms with E-state index in [0.717, 1.165) is 16.8 Å². The number of halogens is 1. The maximum atomic E-state index is 13.8. The van der Waals surface area contributed by atoms with Crippen LogP contribution in [0.1, 0.15) is 28.4 Å². The van der Waals surface area contributed by atoms with Crippen molar-refractivity contribution in [2.45, 2.75) is 26.3 Å². The van der Waals surface area contributed by atoms with E-state index in [4.69, 9.17) is 21.1 Å². The van der Waals surface area contributed by atoms with E-state index in [1.807, 2.05) is 74.5 Å². The van der Waals surface area contributed by atoms with Gasteiger partial charge in [-0.15, -0.1) is 0 Å². The third kappa shape index (κ3) is 7.77. The highest BCUT2D eigenvalue weighted by Crippen LogP contribution is 2.24. The second-order valence-corrected chi connectivity index (χ2v) is 9.66. The van der Waals surface area contributed by atoms with Crippen LogP contribution in [0.4, 0.5) is 5.69 Å². The van der Waals surface area contributed by atoms with Gasteiger partial charge in [-0.25, -0.2) is 0 Å². The van der Waals surface area contributed by atoms with Crippen LogP contribution >= 0.6 is 11.6 Å². The average Bonchev–Trinajstić information content (AvgIpc) is 2.97. The first-order chi connectivity index (χ1) is 19.3. The number of ether oxygens (including phenoxy) is 2. The molecule has 0 radical (unpaired) electrons. The van der Waals surface area contributed by atoms with Crippen LogP contribution in [0.25, 0.3) is 0 Å². The summed E-state index contributed by atoms with van der Waals surface area (Å²) < 4.78 is 11.1. The maximum absolute atomic E-state index is 13.8. The van der Waals surface area contributed by atoms with Crippen LogP contribution in [0, 0.1) is 6.92 Å². The Balaban J connectivity index is 1.53. The Morgan fingerprint density at radius 2 is 1.50 bits per heavy atom. The SMILES string of the molecule is CCN(Nc1ccc(OC)cc1)C(=O)C(Cc1ccc(Oc2ccc(Cl)cc2)cc1)NC(=O)c1cccc(C)c1. The minimum atomic E-state index is -0.818. The molecule has 0 heterocycles. The van der Waals surface area contributed by atoms with E-state index in [1.165, 1.54) is 5.01 Å². The summed E-state index contributed by atoms with van der Waals surface area (Å²) in [6.45, 7) is 4.18. The summed E-state index contributed by atoms with van der Waals surface area (Å²) in [5, 5.41) is 5.09. The highest BCUT2D eigenvalue weighted by Gasteiger charge is 2.26. The summed E-state index contributed by atoms with van der Waals surface area (Å²) in [4.78, 5) is 26.9. The van der Waals surface area contributed by atoms with Crippen molar-refractivity contribution in [3.63, 3.8) is 0 Å². The van der Waals surface area contributed by atoms with Crippen molar-refractivity contribution in [3.05, 3.63) is 119 Å². The molecule has 0 spiro atoms. The fourth-order valence-electron chi connectivity index (χ4n) is 4.10. The molecular weight excluding hydrogens is 526 g/mol. The van der Waals surface area contributed by atoms with E-state index >= 15 is 0 Å². The zero-order valence-corrected chi connectivity index (χ0v) is 23.4. The summed E-state index contributed by atoms with van der Waals surface area (Å²) in [5.74, 6) is 1.45. The third-order valence-electron chi connectivity index (χ3n) is 6.23. The van der Waals surface area contributed by atoms with E-state index < -0.39 is 6.04 Å². The second-order valence-electron chi connectivity index (χ2n) is 9.22. The normalized spacial score (nSPS) is 11.3. The van der Waals surface area contributed by atoms with Gasteiger partial charge in [0.1, 0.15) is 23.3 Å². The summed E-state index contributed by atoms with van der Waals surface area (Å²) in [7, 11) is 1.60. The van der Waals surface area contributed by atoms with Gasteiger partial charge >= 0.3 is 0 Å². The van der Waals surface area contributed by atoms with Gasteiger partial charge in [0, 0.05) is 23.6 Å². The number of hydrogen-bond donors (Lipinski definition) is 2. The molecule has 2 amide bonds. The van der Waals surface area contributed by atoms with E-state index in [0.29, 0.717) is 40.8 Å². The van der Waals surface area contributed by atoms with Gasteiger partial charge in [0.15, 0.2) is 0 Å². The third-order valence-corrected chi connectivity index (χ3v) is 6.48. The van der Waals surface area contributed by atoms with Crippen LogP contribution in [-0.4, -0.2) is 36.5 Å². The number of methoxy groups -OCH3 is 1. The van der Waals surface area contributed by atoms with Crippen molar-refractivity contribution < 1.29 is 19.1 Å². The Morgan fingerprint density at radius 1 is 0.875 bits per heavy atom. The van der Waals surface area contributed by atoms with Gasteiger partial charge < -0.3 is 14.8 Å². The molecule has 7 nitrogen and oxygen atoms in total. The number of aryl methyl sites for hydroxylation is 1. The molecule has 0 aliphatic heterocycles. The van der Waals surface area contributed by atoms with E-state index in [1.54, 1.807) is 43.5 Å². The van der Waals surface area contributed by atoms with Crippen molar-refractivity contribution in [3.8, 4) is 17.2 Å². The van der Waals surface area contributed by atoms with Crippen molar-refractivity contribution in [1.29, 1.82) is 0 Å². The van der Waals surface area contributed by atoms with Crippen LogP contribution in [0.15, 0.2) is 97.1 Å². The minimum Gasteiger partial charge on any atom is -0.497 e. The standard InChI is InChI=1S/C32H32ClN3O4/c1-4-36(35-26-12-18-27(39-3)19-13-26)32(38)30(34-31(37)24-7-5-6-22(2)20-24)21-23-8-14-28(15-9-23)40-29-16-10-25(33)11-17-29/h5-20,30,35H,4,21H2,1-3H3,(H,34,37). The minimum absolute atomic E-state index is 0.263. The molecule has 4 aromatic carbocycles.